The minimum atomic E-state index is 0.612. The van der Waals surface area contributed by atoms with Crippen molar-refractivity contribution in [3.05, 3.63) is 42.1 Å². The van der Waals surface area contributed by atoms with Gasteiger partial charge in [0, 0.05) is 17.6 Å². The van der Waals surface area contributed by atoms with Crippen molar-refractivity contribution in [3.63, 3.8) is 0 Å². The van der Waals surface area contributed by atoms with E-state index in [1.807, 2.05) is 12.3 Å². The Bertz CT molecular complexity index is 531. The Morgan fingerprint density at radius 3 is 3.06 bits per heavy atom. The Hall–Kier alpha value is -1.41. The minimum Gasteiger partial charge on any atom is -0.314 e. The van der Waals surface area contributed by atoms with Gasteiger partial charge in [0.25, 0.3) is 0 Å². The van der Waals surface area contributed by atoms with Crippen LogP contribution in [0.1, 0.15) is 37.7 Å². The molecule has 0 bridgehead atoms. The van der Waals surface area contributed by atoms with E-state index in [9.17, 15) is 0 Å². The van der Waals surface area contributed by atoms with Gasteiger partial charge in [-0.2, -0.15) is 0 Å². The molecule has 0 aliphatic heterocycles. The topological polar surface area (TPSA) is 24.9 Å². The van der Waals surface area contributed by atoms with E-state index < -0.39 is 0 Å². The zero-order valence-corrected chi connectivity index (χ0v) is 10.9. The summed E-state index contributed by atoms with van der Waals surface area (Å²) in [6.45, 7) is 3.45. The number of aromatic nitrogens is 1. The second-order valence-corrected chi connectivity index (χ2v) is 5.37. The third-order valence-corrected chi connectivity index (χ3v) is 3.78. The number of hydrogen-bond donors (Lipinski definition) is 1. The highest BCUT2D eigenvalue weighted by atomic mass is 14.9. The fraction of sp³-hybridized carbons (Fsp3) is 0.438. The van der Waals surface area contributed by atoms with E-state index >= 15 is 0 Å². The third-order valence-electron chi connectivity index (χ3n) is 3.78. The molecule has 1 fully saturated rings. The lowest BCUT2D eigenvalue weighted by molar-refractivity contribution is 0.592. The Labute approximate surface area is 108 Å². The number of nitrogens with one attached hydrogen (secondary N) is 1. The minimum absolute atomic E-state index is 0.612. The van der Waals surface area contributed by atoms with E-state index in [0.29, 0.717) is 5.92 Å². The molecule has 2 heteroatoms. The maximum absolute atomic E-state index is 4.36. The van der Waals surface area contributed by atoms with Crippen molar-refractivity contribution in [2.24, 2.45) is 0 Å². The Balaban J connectivity index is 1.67. The molecule has 1 N–H and O–H groups in total. The molecule has 0 radical (unpaired) electrons. The second-order valence-electron chi connectivity index (χ2n) is 5.37. The van der Waals surface area contributed by atoms with Crippen molar-refractivity contribution in [1.29, 1.82) is 0 Å². The highest BCUT2D eigenvalue weighted by molar-refractivity contribution is 5.79. The predicted octanol–water partition coefficient (Wildman–Crippen LogP) is 3.48. The van der Waals surface area contributed by atoms with Gasteiger partial charge in [0.15, 0.2) is 0 Å². The third kappa shape index (κ3) is 2.70. The molecule has 0 saturated heterocycles. The van der Waals surface area contributed by atoms with Crippen molar-refractivity contribution in [2.75, 3.05) is 6.54 Å². The Morgan fingerprint density at radius 2 is 2.22 bits per heavy atom. The summed E-state index contributed by atoms with van der Waals surface area (Å²) in [5, 5.41) is 4.83. The van der Waals surface area contributed by atoms with E-state index in [0.717, 1.165) is 18.1 Å². The van der Waals surface area contributed by atoms with Crippen LogP contribution >= 0.6 is 0 Å². The summed E-state index contributed by atoms with van der Waals surface area (Å²) in [6, 6.07) is 11.6. The highest BCUT2D eigenvalue weighted by Crippen LogP contribution is 2.23. The van der Waals surface area contributed by atoms with Crippen LogP contribution in [0.2, 0.25) is 0 Å². The van der Waals surface area contributed by atoms with Crippen LogP contribution in [-0.2, 0) is 0 Å². The number of pyridine rings is 1. The van der Waals surface area contributed by atoms with Gasteiger partial charge in [0.2, 0.25) is 0 Å². The van der Waals surface area contributed by atoms with Crippen LogP contribution in [0.4, 0.5) is 0 Å². The number of hydrogen-bond acceptors (Lipinski definition) is 2. The predicted molar refractivity (Wildman–Crippen MR) is 75.8 cm³/mol. The standard InChI is InChI=1S/C16H20N2/c1-12(8-10-17-15-5-6-15)13-4-7-16-14(11-13)3-2-9-18-16/h2-4,7,9,11-12,15,17H,5-6,8,10H2,1H3. The van der Waals surface area contributed by atoms with Gasteiger partial charge >= 0.3 is 0 Å². The zero-order chi connectivity index (χ0) is 12.4. The molecule has 2 aromatic rings. The summed E-state index contributed by atoms with van der Waals surface area (Å²) in [5.41, 5.74) is 2.51. The molecule has 1 aliphatic carbocycles. The van der Waals surface area contributed by atoms with Gasteiger partial charge in [-0.25, -0.2) is 0 Å². The fourth-order valence-electron chi connectivity index (χ4n) is 2.36. The normalized spacial score (nSPS) is 16.9. The molecule has 1 aromatic heterocycles. The van der Waals surface area contributed by atoms with Crippen LogP contribution in [0, 0.1) is 0 Å². The molecule has 18 heavy (non-hydrogen) atoms. The lowest BCUT2D eigenvalue weighted by Crippen LogP contribution is -2.18. The van der Waals surface area contributed by atoms with Gasteiger partial charge in [0.05, 0.1) is 5.52 Å². The van der Waals surface area contributed by atoms with Crippen LogP contribution in [0.25, 0.3) is 10.9 Å². The van der Waals surface area contributed by atoms with Crippen molar-refractivity contribution >= 4 is 10.9 Å². The van der Waals surface area contributed by atoms with Gasteiger partial charge in [-0.05, 0) is 55.5 Å². The molecular formula is C16H20N2. The molecule has 0 spiro atoms. The SMILES string of the molecule is CC(CCNC1CC1)c1ccc2ncccc2c1. The van der Waals surface area contributed by atoms with Gasteiger partial charge in [0.1, 0.15) is 0 Å². The molecule has 0 amide bonds. The van der Waals surface area contributed by atoms with E-state index in [2.05, 4.69) is 41.5 Å². The number of fused-ring (bicyclic) bond motifs is 1. The average Bonchev–Trinajstić information content (AvgIpc) is 3.22. The number of benzene rings is 1. The van der Waals surface area contributed by atoms with Crippen LogP contribution in [-0.4, -0.2) is 17.6 Å². The van der Waals surface area contributed by atoms with E-state index in [-0.39, 0.29) is 0 Å². The van der Waals surface area contributed by atoms with E-state index in [4.69, 9.17) is 0 Å². The molecule has 3 rings (SSSR count). The first kappa shape index (κ1) is 11.7. The van der Waals surface area contributed by atoms with Crippen LogP contribution < -0.4 is 5.32 Å². The summed E-state index contributed by atoms with van der Waals surface area (Å²) in [6.07, 6.45) is 5.80. The molecule has 1 heterocycles. The van der Waals surface area contributed by atoms with Crippen molar-refractivity contribution < 1.29 is 0 Å². The summed E-state index contributed by atoms with van der Waals surface area (Å²) in [4.78, 5) is 4.36. The first-order chi connectivity index (χ1) is 8.83. The molecule has 2 nitrogen and oxygen atoms in total. The quantitative estimate of drug-likeness (QED) is 0.865. The first-order valence-corrected chi connectivity index (χ1v) is 6.91. The summed E-state index contributed by atoms with van der Waals surface area (Å²) >= 11 is 0. The monoisotopic (exact) mass is 240 g/mol. The molecule has 1 aliphatic rings. The zero-order valence-electron chi connectivity index (χ0n) is 10.9. The molecule has 1 atom stereocenters. The fourth-order valence-corrected chi connectivity index (χ4v) is 2.36. The van der Waals surface area contributed by atoms with Gasteiger partial charge in [-0.1, -0.05) is 19.1 Å². The summed E-state index contributed by atoms with van der Waals surface area (Å²) in [7, 11) is 0. The van der Waals surface area contributed by atoms with Crippen LogP contribution in [0.5, 0.6) is 0 Å². The van der Waals surface area contributed by atoms with Gasteiger partial charge in [-0.3, -0.25) is 4.98 Å². The van der Waals surface area contributed by atoms with Crippen LogP contribution in [0.3, 0.4) is 0 Å². The van der Waals surface area contributed by atoms with Crippen molar-refractivity contribution in [2.45, 2.75) is 38.1 Å². The Kier molecular flexibility index (Phi) is 3.28. The largest absolute Gasteiger partial charge is 0.314 e. The summed E-state index contributed by atoms with van der Waals surface area (Å²) in [5.74, 6) is 0.612. The number of rotatable bonds is 5. The Morgan fingerprint density at radius 1 is 1.33 bits per heavy atom. The molecule has 1 unspecified atom stereocenters. The van der Waals surface area contributed by atoms with E-state index in [1.165, 1.54) is 30.2 Å². The lowest BCUT2D eigenvalue weighted by atomic mass is 9.96. The first-order valence-electron chi connectivity index (χ1n) is 6.91. The average molecular weight is 240 g/mol. The van der Waals surface area contributed by atoms with Gasteiger partial charge < -0.3 is 5.32 Å². The second kappa shape index (κ2) is 5.07. The van der Waals surface area contributed by atoms with Gasteiger partial charge in [-0.15, -0.1) is 0 Å². The molecular weight excluding hydrogens is 220 g/mol. The smallest absolute Gasteiger partial charge is 0.0702 e. The molecule has 94 valence electrons. The summed E-state index contributed by atoms with van der Waals surface area (Å²) < 4.78 is 0. The molecule has 1 saturated carbocycles. The highest BCUT2D eigenvalue weighted by Gasteiger charge is 2.20. The van der Waals surface area contributed by atoms with Crippen molar-refractivity contribution in [1.82, 2.24) is 10.3 Å². The van der Waals surface area contributed by atoms with Crippen LogP contribution in [0.15, 0.2) is 36.5 Å². The lowest BCUT2D eigenvalue weighted by Gasteiger charge is -2.13. The maximum atomic E-state index is 4.36. The molecule has 1 aromatic carbocycles. The maximum Gasteiger partial charge on any atom is 0.0702 e. The van der Waals surface area contributed by atoms with E-state index in [1.54, 1.807) is 0 Å². The number of nitrogens with zero attached hydrogens (tertiary/aromatic N) is 1. The van der Waals surface area contributed by atoms with Crippen molar-refractivity contribution in [3.8, 4) is 0 Å².